The van der Waals surface area contributed by atoms with Crippen LogP contribution in [-0.4, -0.2) is 36.7 Å². The van der Waals surface area contributed by atoms with Crippen LogP contribution in [0.3, 0.4) is 0 Å². The lowest BCUT2D eigenvalue weighted by Crippen LogP contribution is -3.00. The van der Waals surface area contributed by atoms with Gasteiger partial charge in [-0.1, -0.05) is 97.1 Å². The van der Waals surface area contributed by atoms with E-state index >= 15 is 0 Å². The molecule has 0 unspecified atom stereocenters. The number of hydrogen-bond donors (Lipinski definition) is 0. The van der Waals surface area contributed by atoms with E-state index in [1.54, 1.807) is 61.6 Å². The Hall–Kier alpha value is -4.20. The lowest BCUT2D eigenvalue weighted by molar-refractivity contribution is -0.598. The van der Waals surface area contributed by atoms with Crippen LogP contribution in [0.4, 0.5) is 0 Å². The summed E-state index contributed by atoms with van der Waals surface area (Å²) in [5, 5.41) is 0. The van der Waals surface area contributed by atoms with Gasteiger partial charge < -0.3 is 57.4 Å². The SMILES string of the molecule is CCOC(=O)Cc1c(C(=O)c2ccccc2)sc(SCc2ccccc2CSc2sc(C(=O)c3ccccc3)c(CC(=O)OCC)c2-[n+]2ccccc2)c1-[n+]1ccccc1.[I-].[I-]. The van der Waals surface area contributed by atoms with Crippen molar-refractivity contribution in [3.63, 3.8) is 0 Å². The van der Waals surface area contributed by atoms with E-state index in [1.165, 1.54) is 22.7 Å². The molecule has 318 valence electrons. The lowest BCUT2D eigenvalue weighted by Gasteiger charge is -2.09. The summed E-state index contributed by atoms with van der Waals surface area (Å²) in [7, 11) is 0. The molecule has 62 heavy (non-hydrogen) atoms. The molecule has 0 aliphatic rings. The predicted molar refractivity (Wildman–Crippen MR) is 238 cm³/mol. The third kappa shape index (κ3) is 11.9. The third-order valence-electron chi connectivity index (χ3n) is 9.42. The number of carbonyl (C=O) groups is 4. The summed E-state index contributed by atoms with van der Waals surface area (Å²) in [4.78, 5) is 55.4. The first-order chi connectivity index (χ1) is 29.4. The standard InChI is InChI=1S/C48H42N2O6S4.2HI/c1-3-55-39(51)29-37-41(49-25-15-7-16-26-49)47(59-45(37)43(53)33-19-9-5-10-20-33)57-31-35-23-13-14-24-36(35)32-58-48-42(50-27-17-8-18-28-50)38(30-40(52)56-4-2)46(60-48)44(54)34-21-11-6-12-22-34;;/h5-28H,3-4,29-32H2,1-2H3;2*1H/q+2;;/p-2. The van der Waals surface area contributed by atoms with Gasteiger partial charge in [-0.15, -0.1) is 46.2 Å². The zero-order valence-electron chi connectivity index (χ0n) is 33.8. The van der Waals surface area contributed by atoms with Gasteiger partial charge in [-0.25, -0.2) is 0 Å². The maximum atomic E-state index is 14.1. The van der Waals surface area contributed by atoms with Crippen LogP contribution in [0.25, 0.3) is 11.4 Å². The van der Waals surface area contributed by atoms with Gasteiger partial charge in [0, 0.05) is 46.9 Å². The van der Waals surface area contributed by atoms with Gasteiger partial charge >= 0.3 is 11.9 Å². The minimum Gasteiger partial charge on any atom is -1.00 e. The van der Waals surface area contributed by atoms with Gasteiger partial charge in [0.2, 0.25) is 22.9 Å². The first kappa shape index (κ1) is 48.8. The van der Waals surface area contributed by atoms with Crippen molar-refractivity contribution >= 4 is 69.7 Å². The highest BCUT2D eigenvalue weighted by molar-refractivity contribution is 8.01. The van der Waals surface area contributed by atoms with Gasteiger partial charge in [-0.2, -0.15) is 9.13 Å². The minimum absolute atomic E-state index is 0. The highest BCUT2D eigenvalue weighted by atomic mass is 127. The number of ketones is 2. The highest BCUT2D eigenvalue weighted by Gasteiger charge is 2.33. The molecular formula is C48H42I2N2O6S4. The molecule has 0 radical (unpaired) electrons. The number of hydrogen-bond acceptors (Lipinski definition) is 10. The fourth-order valence-corrected chi connectivity index (χ4v) is 11.9. The number of halogens is 2. The van der Waals surface area contributed by atoms with Gasteiger partial charge in [0.15, 0.2) is 24.8 Å². The molecule has 0 saturated carbocycles. The van der Waals surface area contributed by atoms with E-state index in [4.69, 9.17) is 9.47 Å². The van der Waals surface area contributed by atoms with Gasteiger partial charge in [0.25, 0.3) is 0 Å². The van der Waals surface area contributed by atoms with Crippen LogP contribution in [0, 0.1) is 0 Å². The van der Waals surface area contributed by atoms with Crippen LogP contribution >= 0.6 is 46.2 Å². The van der Waals surface area contributed by atoms with Crippen molar-refractivity contribution in [3.8, 4) is 11.4 Å². The number of esters is 2. The summed E-state index contributed by atoms with van der Waals surface area (Å²) in [6, 6.07) is 38.1. The Morgan fingerprint density at radius 3 is 1.19 bits per heavy atom. The molecule has 0 fully saturated rings. The topological polar surface area (TPSA) is 94.5 Å². The lowest BCUT2D eigenvalue weighted by atomic mass is 10.0. The van der Waals surface area contributed by atoms with Crippen molar-refractivity contribution in [2.24, 2.45) is 0 Å². The van der Waals surface area contributed by atoms with Crippen molar-refractivity contribution in [1.29, 1.82) is 0 Å². The van der Waals surface area contributed by atoms with E-state index < -0.39 is 11.9 Å². The number of rotatable bonds is 18. The molecule has 0 aliphatic heterocycles. The molecular weight excluding hydrogens is 1080 g/mol. The van der Waals surface area contributed by atoms with Crippen molar-refractivity contribution in [2.45, 2.75) is 46.6 Å². The van der Waals surface area contributed by atoms with E-state index in [1.807, 2.05) is 119 Å². The predicted octanol–water partition coefficient (Wildman–Crippen LogP) is 3.63. The van der Waals surface area contributed by atoms with E-state index in [9.17, 15) is 19.2 Å². The number of carbonyl (C=O) groups excluding carboxylic acids is 4. The molecule has 0 bridgehead atoms. The molecule has 0 saturated heterocycles. The average molecular weight is 1120 g/mol. The number of nitrogens with zero attached hydrogens (tertiary/aromatic N) is 2. The van der Waals surface area contributed by atoms with Crippen LogP contribution in [0.2, 0.25) is 0 Å². The first-order valence-corrected chi connectivity index (χ1v) is 23.0. The van der Waals surface area contributed by atoms with Crippen LogP contribution in [0.15, 0.2) is 155 Å². The number of thiophene rings is 2. The van der Waals surface area contributed by atoms with E-state index in [2.05, 4.69) is 12.1 Å². The van der Waals surface area contributed by atoms with Gasteiger partial charge in [-0.05, 0) is 25.0 Å². The number of thioether (sulfide) groups is 2. The molecule has 8 nitrogen and oxygen atoms in total. The maximum absolute atomic E-state index is 14.1. The molecule has 4 heterocycles. The first-order valence-electron chi connectivity index (χ1n) is 19.4. The molecule has 0 amide bonds. The van der Waals surface area contributed by atoms with Crippen LogP contribution in [-0.2, 0) is 43.4 Å². The number of benzene rings is 3. The van der Waals surface area contributed by atoms with Gasteiger partial charge in [0.05, 0.1) is 46.9 Å². The third-order valence-corrected chi connectivity index (χ3v) is 14.5. The second kappa shape index (κ2) is 24.0. The van der Waals surface area contributed by atoms with E-state index in [-0.39, 0.29) is 85.6 Å². The van der Waals surface area contributed by atoms with Crippen LogP contribution in [0.5, 0.6) is 0 Å². The van der Waals surface area contributed by atoms with Gasteiger partial charge in [-0.3, -0.25) is 19.2 Å². The van der Waals surface area contributed by atoms with Crippen LogP contribution < -0.4 is 57.1 Å². The number of aromatic nitrogens is 2. The smallest absolute Gasteiger partial charge is 0.310 e. The summed E-state index contributed by atoms with van der Waals surface area (Å²) >= 11 is 6.05. The highest BCUT2D eigenvalue weighted by Crippen LogP contribution is 2.42. The molecule has 0 atom stereocenters. The Morgan fingerprint density at radius 1 is 0.500 bits per heavy atom. The summed E-state index contributed by atoms with van der Waals surface area (Å²) < 4.78 is 16.5. The molecule has 7 rings (SSSR count). The fourth-order valence-electron chi connectivity index (χ4n) is 6.65. The normalized spacial score (nSPS) is 10.6. The Bertz CT molecular complexity index is 2430. The summed E-state index contributed by atoms with van der Waals surface area (Å²) in [5.74, 6) is 0.107. The largest absolute Gasteiger partial charge is 1.00 e. The summed E-state index contributed by atoms with van der Waals surface area (Å²) in [5.41, 5.74) is 6.16. The monoisotopic (exact) mass is 1120 g/mol. The van der Waals surface area contributed by atoms with Crippen molar-refractivity contribution in [3.05, 3.63) is 189 Å². The second-order valence-corrected chi connectivity index (χ2v) is 17.9. The molecule has 3 aromatic carbocycles. The quantitative estimate of drug-likeness (QED) is 0.0424. The van der Waals surface area contributed by atoms with Crippen molar-refractivity contribution in [2.75, 3.05) is 13.2 Å². The Labute approximate surface area is 412 Å². The number of ether oxygens (including phenoxy) is 2. The van der Waals surface area contributed by atoms with Crippen molar-refractivity contribution < 1.29 is 85.7 Å². The average Bonchev–Trinajstić information content (AvgIpc) is 3.83. The van der Waals surface area contributed by atoms with Crippen molar-refractivity contribution in [1.82, 2.24) is 0 Å². The van der Waals surface area contributed by atoms with Gasteiger partial charge in [0.1, 0.15) is 8.42 Å². The Kier molecular flexibility index (Phi) is 18.9. The minimum atomic E-state index is -0.394. The molecule has 4 aromatic heterocycles. The van der Waals surface area contributed by atoms with Crippen LogP contribution in [0.1, 0.15) is 66.6 Å². The summed E-state index contributed by atoms with van der Waals surface area (Å²) in [6.07, 6.45) is 7.63. The maximum Gasteiger partial charge on any atom is 0.310 e. The zero-order chi connectivity index (χ0) is 41.8. The molecule has 0 N–H and O–H groups in total. The summed E-state index contributed by atoms with van der Waals surface area (Å²) in [6.45, 7) is 4.03. The van der Waals surface area contributed by atoms with E-state index in [0.717, 1.165) is 30.9 Å². The van der Waals surface area contributed by atoms with E-state index in [0.29, 0.717) is 43.5 Å². The fraction of sp³-hybridized carbons (Fsp3) is 0.167. The Balaban J connectivity index is 0.00000363. The zero-order valence-corrected chi connectivity index (χ0v) is 41.4. The Morgan fingerprint density at radius 2 is 0.839 bits per heavy atom. The second-order valence-electron chi connectivity index (χ2n) is 13.4. The molecule has 14 heteroatoms. The molecule has 7 aromatic rings. The number of pyridine rings is 2. The molecule has 0 spiro atoms. The molecule has 0 aliphatic carbocycles.